The minimum absolute atomic E-state index is 0.00612. The number of hydrogen-bond donors (Lipinski definition) is 0. The molecule has 0 aliphatic carbocycles. The second kappa shape index (κ2) is 17.3. The fourth-order valence-electron chi connectivity index (χ4n) is 9.39. The maximum absolute atomic E-state index is 15.4. The van der Waals surface area contributed by atoms with Crippen molar-refractivity contribution in [3.63, 3.8) is 0 Å². The molecular weight excluding hydrogens is 849 g/mol. The molecule has 2 heterocycles. The Kier molecular flexibility index (Phi) is 11.0. The Bertz CT molecular complexity index is 3200. The Hall–Kier alpha value is -8.69. The van der Waals surface area contributed by atoms with E-state index >= 15 is 4.79 Å². The second-order valence-corrected chi connectivity index (χ2v) is 17.1. The monoisotopic (exact) mass is 892 g/mol. The maximum Gasteiger partial charge on any atom is 0.342 e. The highest BCUT2D eigenvalue weighted by molar-refractivity contribution is 6.51. The van der Waals surface area contributed by atoms with Gasteiger partial charge in [0.05, 0.1) is 33.8 Å². The third-order valence-corrected chi connectivity index (χ3v) is 12.7. The minimum atomic E-state index is -1.54. The Morgan fingerprint density at radius 2 is 0.941 bits per heavy atom. The Morgan fingerprint density at radius 1 is 0.471 bits per heavy atom. The summed E-state index contributed by atoms with van der Waals surface area (Å²) >= 11 is 0. The van der Waals surface area contributed by atoms with Gasteiger partial charge in [-0.3, -0.25) is 19.2 Å². The van der Waals surface area contributed by atoms with E-state index in [2.05, 4.69) is 4.90 Å². The van der Waals surface area contributed by atoms with Crippen molar-refractivity contribution in [2.45, 2.75) is 33.3 Å². The van der Waals surface area contributed by atoms with Crippen molar-refractivity contribution in [1.29, 1.82) is 0 Å². The zero-order valence-electron chi connectivity index (χ0n) is 37.8. The summed E-state index contributed by atoms with van der Waals surface area (Å²) in [5.74, 6) is -2.81. The highest BCUT2D eigenvalue weighted by atomic mass is 16.6. The van der Waals surface area contributed by atoms with Crippen LogP contribution in [-0.2, 0) is 10.3 Å². The number of fused-ring (bicyclic) bond motifs is 6. The third-order valence-electron chi connectivity index (χ3n) is 12.7. The summed E-state index contributed by atoms with van der Waals surface area (Å²) < 4.78 is 13.3. The number of hydrogen-bond acceptors (Lipinski definition) is 9. The van der Waals surface area contributed by atoms with Gasteiger partial charge >= 0.3 is 5.97 Å². The molecule has 0 N–H and O–H groups in total. The molecule has 1 spiro atoms. The molecule has 332 valence electrons. The van der Waals surface area contributed by atoms with Crippen LogP contribution in [0, 0.1) is 20.8 Å². The van der Waals surface area contributed by atoms with Gasteiger partial charge in [-0.05, 0) is 99.5 Å². The lowest BCUT2D eigenvalue weighted by atomic mass is 9.77. The van der Waals surface area contributed by atoms with Crippen LogP contribution in [0.2, 0.25) is 0 Å². The first-order valence-electron chi connectivity index (χ1n) is 22.4. The first-order chi connectivity index (χ1) is 33.0. The van der Waals surface area contributed by atoms with Gasteiger partial charge < -0.3 is 19.3 Å². The molecule has 0 saturated heterocycles. The van der Waals surface area contributed by atoms with E-state index in [9.17, 15) is 19.2 Å². The minimum Gasteiger partial charge on any atom is -0.456 e. The number of Topliss-reactive ketones (excluding diaryl/α,β-unsaturated/α-hetero) is 4. The number of carbonyl (C=O) groups excluding carboxylic acids is 5. The second-order valence-electron chi connectivity index (χ2n) is 17.1. The number of ether oxygens (including phenoxy) is 2. The highest BCUT2D eigenvalue weighted by Crippen LogP contribution is 2.59. The SMILES string of the molecule is CCN(c1ccc(C)cc1)c1cc(N(c2cc(C)ccc2C(=O)C(=O)c2ccccc2)c2cc(C)ccc2C(=O)C(=O)c2ccccc2)c2c(c1)C1(OC2=O)c2ccccc2Oc2ccccc21. The number of carbonyl (C=O) groups is 5. The summed E-state index contributed by atoms with van der Waals surface area (Å²) in [7, 11) is 0. The number of ketones is 4. The lowest BCUT2D eigenvalue weighted by molar-refractivity contribution is 0.0224. The summed E-state index contributed by atoms with van der Waals surface area (Å²) in [5.41, 5.74) is 5.32. The predicted octanol–water partition coefficient (Wildman–Crippen LogP) is 12.9. The van der Waals surface area contributed by atoms with Crippen molar-refractivity contribution < 1.29 is 33.4 Å². The molecule has 0 atom stereocenters. The first-order valence-corrected chi connectivity index (χ1v) is 22.4. The standard InChI is InChI=1S/C59H44N2O7/c1-5-60(41-28-24-36(2)25-29-41)42-34-47-53(58(66)68-59(47)45-20-12-14-22-51(45)67-52-23-15-13-21-46(52)59)50(35-42)61(48-32-37(3)26-30-43(48)56(64)54(62)39-16-8-6-9-17-39)49-33-38(4)27-31-44(49)57(65)55(63)40-18-10-7-11-19-40/h6-35H,5H2,1-4H3. The number of anilines is 5. The van der Waals surface area contributed by atoms with E-state index in [-0.39, 0.29) is 44.9 Å². The average Bonchev–Trinajstić information content (AvgIpc) is 3.66. The third kappa shape index (κ3) is 7.25. The van der Waals surface area contributed by atoms with E-state index in [1.807, 2.05) is 113 Å². The topological polar surface area (TPSA) is 110 Å². The Labute approximate surface area is 393 Å². The number of para-hydroxylation sites is 2. The zero-order valence-corrected chi connectivity index (χ0v) is 37.8. The molecule has 0 unspecified atom stereocenters. The van der Waals surface area contributed by atoms with Crippen LogP contribution in [0.3, 0.4) is 0 Å². The Morgan fingerprint density at radius 3 is 1.44 bits per heavy atom. The smallest absolute Gasteiger partial charge is 0.342 e. The average molecular weight is 893 g/mol. The quantitative estimate of drug-likeness (QED) is 0.0672. The van der Waals surface area contributed by atoms with Crippen molar-refractivity contribution in [1.82, 2.24) is 0 Å². The number of benzene rings is 8. The summed E-state index contributed by atoms with van der Waals surface area (Å²) in [4.78, 5) is 77.4. The van der Waals surface area contributed by atoms with Gasteiger partial charge in [-0.1, -0.05) is 127 Å². The van der Waals surface area contributed by atoms with Crippen LogP contribution in [0.25, 0.3) is 0 Å². The van der Waals surface area contributed by atoms with E-state index < -0.39 is 34.7 Å². The van der Waals surface area contributed by atoms with Crippen molar-refractivity contribution in [2.24, 2.45) is 0 Å². The molecule has 0 saturated carbocycles. The van der Waals surface area contributed by atoms with Gasteiger partial charge in [0.25, 0.3) is 0 Å². The predicted molar refractivity (Wildman–Crippen MR) is 263 cm³/mol. The maximum atomic E-state index is 15.4. The van der Waals surface area contributed by atoms with E-state index in [1.165, 1.54) is 0 Å². The fraction of sp³-hybridized carbons (Fsp3) is 0.102. The lowest BCUT2D eigenvalue weighted by Crippen LogP contribution is -2.33. The van der Waals surface area contributed by atoms with Crippen molar-refractivity contribution in [2.75, 3.05) is 16.3 Å². The molecule has 0 fully saturated rings. The van der Waals surface area contributed by atoms with E-state index in [4.69, 9.17) is 9.47 Å². The molecule has 0 aromatic heterocycles. The van der Waals surface area contributed by atoms with Crippen LogP contribution in [0.15, 0.2) is 182 Å². The van der Waals surface area contributed by atoms with Crippen molar-refractivity contribution in [3.8, 4) is 11.5 Å². The largest absolute Gasteiger partial charge is 0.456 e. The van der Waals surface area contributed by atoms with Gasteiger partial charge in [-0.15, -0.1) is 0 Å². The van der Waals surface area contributed by atoms with Crippen LogP contribution in [0.4, 0.5) is 28.4 Å². The summed E-state index contributed by atoms with van der Waals surface area (Å²) in [6.07, 6.45) is 0. The molecule has 2 aliphatic heterocycles. The molecule has 68 heavy (non-hydrogen) atoms. The van der Waals surface area contributed by atoms with E-state index in [0.29, 0.717) is 51.5 Å². The summed E-state index contributed by atoms with van der Waals surface area (Å²) in [6.45, 7) is 8.24. The number of nitrogens with zero attached hydrogens (tertiary/aromatic N) is 2. The fourth-order valence-corrected chi connectivity index (χ4v) is 9.39. The van der Waals surface area contributed by atoms with Gasteiger partial charge in [0.1, 0.15) is 11.5 Å². The van der Waals surface area contributed by atoms with Crippen LogP contribution >= 0.6 is 0 Å². The molecule has 8 aromatic rings. The van der Waals surface area contributed by atoms with Gasteiger partial charge in [-0.2, -0.15) is 0 Å². The lowest BCUT2D eigenvalue weighted by Gasteiger charge is -2.37. The highest BCUT2D eigenvalue weighted by Gasteiger charge is 2.55. The first kappa shape index (κ1) is 43.2. The molecule has 9 heteroatoms. The van der Waals surface area contributed by atoms with Crippen molar-refractivity contribution >= 4 is 57.5 Å². The number of rotatable bonds is 12. The van der Waals surface area contributed by atoms with Gasteiger partial charge in [-0.25, -0.2) is 4.79 Å². The van der Waals surface area contributed by atoms with E-state index in [1.54, 1.807) is 102 Å². The van der Waals surface area contributed by atoms with E-state index in [0.717, 1.165) is 11.3 Å². The van der Waals surface area contributed by atoms with Crippen LogP contribution in [-0.4, -0.2) is 35.6 Å². The van der Waals surface area contributed by atoms with Gasteiger partial charge in [0, 0.05) is 45.7 Å². The van der Waals surface area contributed by atoms with Gasteiger partial charge in [0.2, 0.25) is 23.1 Å². The van der Waals surface area contributed by atoms with Gasteiger partial charge in [0.15, 0.2) is 5.60 Å². The number of esters is 1. The summed E-state index contributed by atoms with van der Waals surface area (Å²) in [6, 6.07) is 53.6. The Balaban J connectivity index is 1.33. The molecule has 0 amide bonds. The molecule has 8 aromatic carbocycles. The molecule has 10 rings (SSSR count). The van der Waals surface area contributed by atoms with Crippen molar-refractivity contribution in [3.05, 3.63) is 243 Å². The molecule has 2 aliphatic rings. The molecule has 0 radical (unpaired) electrons. The molecule has 0 bridgehead atoms. The summed E-state index contributed by atoms with van der Waals surface area (Å²) in [5, 5.41) is 0. The van der Waals surface area contributed by atoms with Crippen LogP contribution in [0.1, 0.15) is 92.1 Å². The molecule has 9 nitrogen and oxygen atoms in total. The van der Waals surface area contributed by atoms with Crippen LogP contribution in [0.5, 0.6) is 11.5 Å². The molecular formula is C59H44N2O7. The number of aryl methyl sites for hydroxylation is 3. The zero-order chi connectivity index (χ0) is 47.3. The normalized spacial score (nSPS) is 12.8. The van der Waals surface area contributed by atoms with Crippen LogP contribution < -0.4 is 14.5 Å².